The van der Waals surface area contributed by atoms with Gasteiger partial charge in [0.1, 0.15) is 10.6 Å². The number of nitrogens with zero attached hydrogens (tertiary/aromatic N) is 1. The number of benzene rings is 3. The fourth-order valence-corrected chi connectivity index (χ4v) is 8.74. The predicted molar refractivity (Wildman–Crippen MR) is 139 cm³/mol. The van der Waals surface area contributed by atoms with Gasteiger partial charge in [-0.05, 0) is 68.3 Å². The standard InChI is InChI=1S/C28H25F2NO7S2/c1-18-2-6-21(7-3-18)40(34,35)38-14-12-25-22-17-37-27-24(30)11-10-23(29)26(27)28(22,13-15-36-25)39(32,33)20-8-4-19(16-31)5-9-20/h2-11,22,25H,12-15,17H2,1H3/t22-,25-,28-/m0/s1. The molecule has 0 unspecified atom stereocenters. The summed E-state index contributed by atoms with van der Waals surface area (Å²) < 4.78 is 99.1. The smallest absolute Gasteiger partial charge is 0.296 e. The van der Waals surface area contributed by atoms with Gasteiger partial charge in [0.25, 0.3) is 10.1 Å². The van der Waals surface area contributed by atoms with E-state index in [2.05, 4.69) is 0 Å². The molecule has 2 aliphatic heterocycles. The summed E-state index contributed by atoms with van der Waals surface area (Å²) in [5.74, 6) is -3.36. The van der Waals surface area contributed by atoms with Crippen molar-refractivity contribution >= 4 is 20.0 Å². The molecule has 3 atom stereocenters. The lowest BCUT2D eigenvalue weighted by molar-refractivity contribution is -0.0793. The van der Waals surface area contributed by atoms with Gasteiger partial charge < -0.3 is 9.47 Å². The lowest BCUT2D eigenvalue weighted by Gasteiger charge is -2.50. The van der Waals surface area contributed by atoms with Gasteiger partial charge in [-0.3, -0.25) is 4.18 Å². The Morgan fingerprint density at radius 3 is 2.30 bits per heavy atom. The largest absolute Gasteiger partial charge is 0.490 e. The first-order valence-corrected chi connectivity index (χ1v) is 15.3. The third kappa shape index (κ3) is 4.66. The highest BCUT2D eigenvalue weighted by atomic mass is 32.2. The van der Waals surface area contributed by atoms with Crippen molar-refractivity contribution in [2.45, 2.75) is 40.4 Å². The van der Waals surface area contributed by atoms with E-state index in [0.29, 0.717) is 0 Å². The van der Waals surface area contributed by atoms with Crippen molar-refractivity contribution in [3.8, 4) is 11.8 Å². The van der Waals surface area contributed by atoms with E-state index < -0.39 is 59.7 Å². The number of sulfone groups is 1. The number of nitriles is 1. The van der Waals surface area contributed by atoms with E-state index in [0.717, 1.165) is 17.7 Å². The summed E-state index contributed by atoms with van der Waals surface area (Å²) in [7, 11) is -8.53. The maximum absolute atomic E-state index is 15.5. The minimum Gasteiger partial charge on any atom is -0.490 e. The van der Waals surface area contributed by atoms with Crippen LogP contribution in [0.2, 0.25) is 0 Å². The average Bonchev–Trinajstić information content (AvgIpc) is 2.94. The molecular formula is C28H25F2NO7S2. The zero-order valence-electron chi connectivity index (χ0n) is 21.3. The van der Waals surface area contributed by atoms with Gasteiger partial charge in [0.15, 0.2) is 21.4 Å². The van der Waals surface area contributed by atoms with Gasteiger partial charge in [-0.1, -0.05) is 17.7 Å². The van der Waals surface area contributed by atoms with Gasteiger partial charge in [0, 0.05) is 12.5 Å². The van der Waals surface area contributed by atoms with Crippen LogP contribution in [0.1, 0.15) is 29.5 Å². The summed E-state index contributed by atoms with van der Waals surface area (Å²) in [6, 6.07) is 14.9. The van der Waals surface area contributed by atoms with E-state index in [1.165, 1.54) is 36.4 Å². The minimum atomic E-state index is -4.43. The summed E-state index contributed by atoms with van der Waals surface area (Å²) in [6.07, 6.45) is -1.18. The number of halogens is 2. The lowest BCUT2D eigenvalue weighted by atomic mass is 9.75. The molecule has 5 rings (SSSR count). The van der Waals surface area contributed by atoms with Crippen LogP contribution >= 0.6 is 0 Å². The van der Waals surface area contributed by atoms with Crippen LogP contribution in [0.15, 0.2) is 70.5 Å². The Labute approximate surface area is 231 Å². The quantitative estimate of drug-likeness (QED) is 0.372. The Balaban J connectivity index is 1.53. The Hall–Kier alpha value is -3.37. The first-order chi connectivity index (χ1) is 19.0. The molecule has 3 aromatic rings. The van der Waals surface area contributed by atoms with Gasteiger partial charge >= 0.3 is 0 Å². The zero-order valence-corrected chi connectivity index (χ0v) is 23.0. The van der Waals surface area contributed by atoms with Gasteiger partial charge in [-0.25, -0.2) is 17.2 Å². The van der Waals surface area contributed by atoms with Crippen LogP contribution in [0.3, 0.4) is 0 Å². The summed E-state index contributed by atoms with van der Waals surface area (Å²) in [6.45, 7) is 1.02. The second kappa shape index (κ2) is 10.6. The van der Waals surface area contributed by atoms with Crippen LogP contribution in [-0.4, -0.2) is 42.8 Å². The first-order valence-electron chi connectivity index (χ1n) is 12.4. The average molecular weight is 590 g/mol. The Morgan fingerprint density at radius 2 is 1.62 bits per heavy atom. The monoisotopic (exact) mass is 589 g/mol. The third-order valence-corrected chi connectivity index (χ3v) is 11.4. The van der Waals surface area contributed by atoms with Gasteiger partial charge in [0.2, 0.25) is 0 Å². The summed E-state index contributed by atoms with van der Waals surface area (Å²) in [5.41, 5.74) is 0.680. The number of fused-ring (bicyclic) bond motifs is 3. The molecule has 0 radical (unpaired) electrons. The number of ether oxygens (including phenoxy) is 2. The molecule has 0 amide bonds. The number of aryl methyl sites for hydroxylation is 1. The summed E-state index contributed by atoms with van der Waals surface area (Å²) in [5, 5.41) is 9.14. The zero-order chi connectivity index (χ0) is 28.7. The van der Waals surface area contributed by atoms with E-state index >= 15 is 4.39 Å². The number of rotatable bonds is 7. The van der Waals surface area contributed by atoms with Crippen LogP contribution in [0.5, 0.6) is 5.75 Å². The minimum absolute atomic E-state index is 0.0344. The molecule has 1 fully saturated rings. The van der Waals surface area contributed by atoms with Crippen LogP contribution in [0.4, 0.5) is 8.78 Å². The van der Waals surface area contributed by atoms with Crippen LogP contribution in [0, 0.1) is 35.8 Å². The van der Waals surface area contributed by atoms with Gasteiger partial charge in [-0.2, -0.15) is 13.7 Å². The highest BCUT2D eigenvalue weighted by molar-refractivity contribution is 7.92. The lowest BCUT2D eigenvalue weighted by Crippen LogP contribution is -2.57. The van der Waals surface area contributed by atoms with E-state index in [4.69, 9.17) is 18.9 Å². The Bertz CT molecular complexity index is 1690. The molecular weight excluding hydrogens is 564 g/mol. The van der Waals surface area contributed by atoms with Gasteiger partial charge in [0.05, 0.1) is 46.3 Å². The molecule has 0 aliphatic carbocycles. The Morgan fingerprint density at radius 1 is 0.975 bits per heavy atom. The van der Waals surface area contributed by atoms with Gasteiger partial charge in [-0.15, -0.1) is 0 Å². The normalized spacial score (nSPS) is 22.4. The van der Waals surface area contributed by atoms with E-state index in [9.17, 15) is 21.2 Å². The first kappa shape index (κ1) is 28.2. The molecule has 0 spiro atoms. The molecule has 0 N–H and O–H groups in total. The predicted octanol–water partition coefficient (Wildman–Crippen LogP) is 4.41. The fourth-order valence-electron chi connectivity index (χ4n) is 5.48. The topological polar surface area (TPSA) is 120 Å². The molecule has 12 heteroatoms. The SMILES string of the molecule is Cc1ccc(S(=O)(=O)OCC[C@@H]2OCC[C@@]3(S(=O)(=O)c4ccc(C#N)cc4)c4c(F)ccc(F)c4OC[C@@H]23)cc1. The van der Waals surface area contributed by atoms with Crippen molar-refractivity contribution in [3.63, 3.8) is 0 Å². The van der Waals surface area contributed by atoms with Crippen molar-refractivity contribution in [1.82, 2.24) is 0 Å². The maximum atomic E-state index is 15.5. The third-order valence-electron chi connectivity index (χ3n) is 7.47. The van der Waals surface area contributed by atoms with Crippen LogP contribution < -0.4 is 4.74 Å². The maximum Gasteiger partial charge on any atom is 0.296 e. The van der Waals surface area contributed by atoms with Crippen molar-refractivity contribution in [1.29, 1.82) is 5.26 Å². The molecule has 0 aromatic heterocycles. The number of hydrogen-bond donors (Lipinski definition) is 0. The van der Waals surface area contributed by atoms with E-state index in [-0.39, 0.29) is 48.0 Å². The van der Waals surface area contributed by atoms with Crippen molar-refractivity contribution < 1.29 is 39.3 Å². The molecule has 0 bridgehead atoms. The molecule has 2 heterocycles. The molecule has 3 aromatic carbocycles. The van der Waals surface area contributed by atoms with Crippen molar-refractivity contribution in [3.05, 3.63) is 89.0 Å². The molecule has 8 nitrogen and oxygen atoms in total. The highest BCUT2D eigenvalue weighted by Crippen LogP contribution is 2.55. The Kier molecular flexibility index (Phi) is 7.43. The summed E-state index contributed by atoms with van der Waals surface area (Å²) >= 11 is 0. The van der Waals surface area contributed by atoms with E-state index in [1.54, 1.807) is 12.1 Å². The molecule has 210 valence electrons. The second-order valence-corrected chi connectivity index (χ2v) is 13.5. The molecule has 2 aliphatic rings. The summed E-state index contributed by atoms with van der Waals surface area (Å²) in [4.78, 5) is -0.209. The van der Waals surface area contributed by atoms with E-state index in [1.807, 2.05) is 13.0 Å². The molecule has 40 heavy (non-hydrogen) atoms. The van der Waals surface area contributed by atoms with Crippen LogP contribution in [-0.2, 0) is 33.6 Å². The highest BCUT2D eigenvalue weighted by Gasteiger charge is 2.61. The molecule has 1 saturated heterocycles. The second-order valence-electron chi connectivity index (χ2n) is 9.72. The van der Waals surface area contributed by atoms with Crippen molar-refractivity contribution in [2.24, 2.45) is 5.92 Å². The van der Waals surface area contributed by atoms with Crippen LogP contribution in [0.25, 0.3) is 0 Å². The number of hydrogen-bond acceptors (Lipinski definition) is 8. The molecule has 0 saturated carbocycles. The van der Waals surface area contributed by atoms with Crippen molar-refractivity contribution in [2.75, 3.05) is 19.8 Å². The fraction of sp³-hybridized carbons (Fsp3) is 0.321.